The molecule has 2 aromatic carbocycles. The number of unbranched alkanes of at least 4 members (excludes halogenated alkanes) is 1. The molecular weight excluding hydrogens is 492 g/mol. The Morgan fingerprint density at radius 1 is 1.13 bits per heavy atom. The minimum atomic E-state index is -0.172. The normalized spacial score (nSPS) is 19.1. The summed E-state index contributed by atoms with van der Waals surface area (Å²) < 4.78 is 6.82. The first kappa shape index (κ1) is 28.4. The van der Waals surface area contributed by atoms with Crippen LogP contribution in [0.3, 0.4) is 0 Å². The number of benzene rings is 2. The van der Waals surface area contributed by atoms with Gasteiger partial charge in [0, 0.05) is 50.2 Å². The highest BCUT2D eigenvalue weighted by Crippen LogP contribution is 2.36. The van der Waals surface area contributed by atoms with Gasteiger partial charge < -0.3 is 9.84 Å². The molecule has 0 aliphatic carbocycles. The van der Waals surface area contributed by atoms with Crippen molar-refractivity contribution in [1.29, 1.82) is 0 Å². The Balaban J connectivity index is 1.60. The fourth-order valence-electron chi connectivity index (χ4n) is 5.45. The summed E-state index contributed by atoms with van der Waals surface area (Å²) in [5.41, 5.74) is 3.09. The van der Waals surface area contributed by atoms with Gasteiger partial charge in [-0.25, -0.2) is 4.68 Å². The first-order chi connectivity index (χ1) is 18.9. The van der Waals surface area contributed by atoms with Crippen LogP contribution in [0.25, 0.3) is 11.4 Å². The zero-order valence-corrected chi connectivity index (χ0v) is 23.2. The topological polar surface area (TPSA) is 96.6 Å². The molecule has 0 saturated carbocycles. The summed E-state index contributed by atoms with van der Waals surface area (Å²) in [4.78, 5) is 16.6. The van der Waals surface area contributed by atoms with E-state index >= 15 is 0 Å². The standard InChI is InChI=1S/C30H40N6O3/c1-5-16-34-20-23(4)35(21-22(34)3)29(25-12-10-14-27(37)19-25)24-11-9-13-26(18-24)30-31-32-33-36(30)17-8-7-15-28(38)39-6-2/h5,9-14,18-19,22-23,29,37H,1,6-8,15-17,20-21H2,2-4H3/t22-,23+,29-/m1/s1. The average Bonchev–Trinajstić information content (AvgIpc) is 3.39. The van der Waals surface area contributed by atoms with Crippen molar-refractivity contribution < 1.29 is 14.6 Å². The molecule has 0 unspecified atom stereocenters. The predicted octanol–water partition coefficient (Wildman–Crippen LogP) is 4.45. The number of aromatic hydroxyl groups is 1. The fraction of sp³-hybridized carbons (Fsp3) is 0.467. The lowest BCUT2D eigenvalue weighted by atomic mass is 9.92. The summed E-state index contributed by atoms with van der Waals surface area (Å²) in [6.07, 6.45) is 3.84. The van der Waals surface area contributed by atoms with Crippen molar-refractivity contribution in [2.45, 2.75) is 64.7 Å². The van der Waals surface area contributed by atoms with Gasteiger partial charge >= 0.3 is 5.97 Å². The van der Waals surface area contributed by atoms with Gasteiger partial charge in [-0.05, 0) is 73.4 Å². The molecule has 0 amide bonds. The number of carbonyl (C=O) groups excluding carboxylic acids is 1. The minimum absolute atomic E-state index is 0.0470. The summed E-state index contributed by atoms with van der Waals surface area (Å²) in [5.74, 6) is 0.778. The maximum absolute atomic E-state index is 11.7. The summed E-state index contributed by atoms with van der Waals surface area (Å²) in [6, 6.07) is 16.5. The van der Waals surface area contributed by atoms with E-state index in [2.05, 4.69) is 64.0 Å². The number of hydrogen-bond donors (Lipinski definition) is 1. The third kappa shape index (κ3) is 7.10. The van der Waals surface area contributed by atoms with Crippen molar-refractivity contribution >= 4 is 5.97 Å². The Hall–Kier alpha value is -3.56. The monoisotopic (exact) mass is 532 g/mol. The van der Waals surface area contributed by atoms with Gasteiger partial charge in [-0.15, -0.1) is 11.7 Å². The summed E-state index contributed by atoms with van der Waals surface area (Å²) in [5, 5.41) is 22.8. The van der Waals surface area contributed by atoms with Gasteiger partial charge in [0.25, 0.3) is 0 Å². The molecule has 1 fully saturated rings. The molecule has 9 heteroatoms. The van der Waals surface area contributed by atoms with Gasteiger partial charge in [0.2, 0.25) is 0 Å². The molecule has 3 aromatic rings. The molecule has 0 bridgehead atoms. The SMILES string of the molecule is C=CCN1C[C@H](C)N([C@@H](c2cccc(O)c2)c2cccc(-c3nnnn3CCCCC(=O)OCC)c2)C[C@H]1C. The highest BCUT2D eigenvalue weighted by molar-refractivity contribution is 5.69. The van der Waals surface area contributed by atoms with Crippen LogP contribution >= 0.6 is 0 Å². The first-order valence-corrected chi connectivity index (χ1v) is 13.8. The number of nitrogens with zero attached hydrogens (tertiary/aromatic N) is 6. The molecule has 0 spiro atoms. The van der Waals surface area contributed by atoms with Crippen LogP contribution in [0.2, 0.25) is 0 Å². The highest BCUT2D eigenvalue weighted by Gasteiger charge is 2.34. The lowest BCUT2D eigenvalue weighted by Gasteiger charge is -2.47. The molecule has 1 saturated heterocycles. The Bertz CT molecular complexity index is 1240. The molecule has 4 rings (SSSR count). The number of piperazine rings is 1. The third-order valence-electron chi connectivity index (χ3n) is 7.34. The number of hydrogen-bond acceptors (Lipinski definition) is 8. The number of aryl methyl sites for hydroxylation is 1. The Morgan fingerprint density at radius 3 is 2.64 bits per heavy atom. The number of phenolic OH excluding ortho intramolecular Hbond substituents is 1. The number of aromatic nitrogens is 4. The molecule has 208 valence electrons. The van der Waals surface area contributed by atoms with Gasteiger partial charge in [0.1, 0.15) is 5.75 Å². The van der Waals surface area contributed by atoms with Crippen LogP contribution in [0.1, 0.15) is 57.2 Å². The molecule has 2 heterocycles. The van der Waals surface area contributed by atoms with Crippen molar-refractivity contribution in [1.82, 2.24) is 30.0 Å². The van der Waals surface area contributed by atoms with E-state index in [1.54, 1.807) is 10.7 Å². The van der Waals surface area contributed by atoms with Crippen LogP contribution in [0.15, 0.2) is 61.2 Å². The van der Waals surface area contributed by atoms with Gasteiger partial charge in [-0.3, -0.25) is 14.6 Å². The molecule has 3 atom stereocenters. The molecular formula is C30H40N6O3. The summed E-state index contributed by atoms with van der Waals surface area (Å²) in [7, 11) is 0. The quantitative estimate of drug-likeness (QED) is 0.208. The second-order valence-corrected chi connectivity index (χ2v) is 10.2. The van der Waals surface area contributed by atoms with Crippen molar-refractivity contribution in [3.63, 3.8) is 0 Å². The van der Waals surface area contributed by atoms with Gasteiger partial charge in [-0.1, -0.05) is 36.4 Å². The van der Waals surface area contributed by atoms with Crippen LogP contribution < -0.4 is 0 Å². The predicted molar refractivity (Wildman–Crippen MR) is 151 cm³/mol. The number of tetrazole rings is 1. The highest BCUT2D eigenvalue weighted by atomic mass is 16.5. The third-order valence-corrected chi connectivity index (χ3v) is 7.34. The van der Waals surface area contributed by atoms with Gasteiger partial charge in [0.05, 0.1) is 12.6 Å². The molecule has 1 aliphatic heterocycles. The Kier molecular flexibility index (Phi) is 9.84. The molecule has 1 aliphatic rings. The van der Waals surface area contributed by atoms with Crippen molar-refractivity contribution in [3.05, 3.63) is 72.3 Å². The first-order valence-electron chi connectivity index (χ1n) is 13.8. The lowest BCUT2D eigenvalue weighted by Crippen LogP contribution is -2.57. The smallest absolute Gasteiger partial charge is 0.305 e. The molecule has 39 heavy (non-hydrogen) atoms. The van der Waals surface area contributed by atoms with Crippen LogP contribution in [0.4, 0.5) is 0 Å². The number of ether oxygens (including phenoxy) is 1. The van der Waals surface area contributed by atoms with E-state index in [4.69, 9.17) is 4.74 Å². The van der Waals surface area contributed by atoms with Crippen molar-refractivity contribution in [2.24, 2.45) is 0 Å². The number of rotatable bonds is 12. The molecule has 0 radical (unpaired) electrons. The van der Waals surface area contributed by atoms with Crippen LogP contribution in [0.5, 0.6) is 5.75 Å². The zero-order chi connectivity index (χ0) is 27.8. The van der Waals surface area contributed by atoms with E-state index in [0.717, 1.165) is 42.7 Å². The zero-order valence-electron chi connectivity index (χ0n) is 23.2. The number of esters is 1. The fourth-order valence-corrected chi connectivity index (χ4v) is 5.45. The maximum atomic E-state index is 11.7. The number of carbonyl (C=O) groups is 1. The number of phenols is 1. The summed E-state index contributed by atoms with van der Waals surface area (Å²) >= 11 is 0. The second kappa shape index (κ2) is 13.5. The Labute approximate surface area is 231 Å². The van der Waals surface area contributed by atoms with Crippen LogP contribution in [-0.2, 0) is 16.1 Å². The minimum Gasteiger partial charge on any atom is -0.508 e. The van der Waals surface area contributed by atoms with Crippen LogP contribution in [0, 0.1) is 0 Å². The average molecular weight is 533 g/mol. The van der Waals surface area contributed by atoms with E-state index < -0.39 is 0 Å². The van der Waals surface area contributed by atoms with Crippen molar-refractivity contribution in [3.8, 4) is 17.1 Å². The van der Waals surface area contributed by atoms with Crippen LogP contribution in [-0.4, -0.2) is 79.4 Å². The van der Waals surface area contributed by atoms with E-state index in [9.17, 15) is 9.90 Å². The largest absolute Gasteiger partial charge is 0.508 e. The second-order valence-electron chi connectivity index (χ2n) is 10.2. The molecule has 1 N–H and O–H groups in total. The van der Waals surface area contributed by atoms with E-state index in [1.807, 2.05) is 37.3 Å². The van der Waals surface area contributed by atoms with Gasteiger partial charge in [-0.2, -0.15) is 0 Å². The van der Waals surface area contributed by atoms with E-state index in [0.29, 0.717) is 43.9 Å². The molecule has 9 nitrogen and oxygen atoms in total. The summed E-state index contributed by atoms with van der Waals surface area (Å²) in [6.45, 7) is 14.0. The molecule has 1 aromatic heterocycles. The maximum Gasteiger partial charge on any atom is 0.305 e. The Morgan fingerprint density at radius 2 is 1.90 bits per heavy atom. The van der Waals surface area contributed by atoms with E-state index in [1.165, 1.54) is 0 Å². The van der Waals surface area contributed by atoms with E-state index in [-0.39, 0.29) is 17.8 Å². The lowest BCUT2D eigenvalue weighted by molar-refractivity contribution is -0.143. The van der Waals surface area contributed by atoms with Gasteiger partial charge in [0.15, 0.2) is 5.82 Å². The van der Waals surface area contributed by atoms with Crippen molar-refractivity contribution in [2.75, 3.05) is 26.2 Å².